The summed E-state index contributed by atoms with van der Waals surface area (Å²) in [6.45, 7) is 6.89. The van der Waals surface area contributed by atoms with Gasteiger partial charge in [-0.25, -0.2) is 4.39 Å². The molecule has 0 fully saturated rings. The summed E-state index contributed by atoms with van der Waals surface area (Å²) < 4.78 is 20.4. The van der Waals surface area contributed by atoms with Gasteiger partial charge in [-0.1, -0.05) is 30.3 Å². The molecule has 0 bridgehead atoms. The third kappa shape index (κ3) is 4.76. The summed E-state index contributed by atoms with van der Waals surface area (Å²) in [5.41, 5.74) is 1.15. The van der Waals surface area contributed by atoms with E-state index in [2.05, 4.69) is 10.3 Å². The molecule has 0 saturated heterocycles. The van der Waals surface area contributed by atoms with E-state index in [1.165, 1.54) is 0 Å². The first-order valence-electron chi connectivity index (χ1n) is 7.23. The minimum Gasteiger partial charge on any atom is -0.361 e. The third-order valence-electron chi connectivity index (χ3n) is 3.28. The molecule has 2 unspecified atom stereocenters. The third-order valence-corrected chi connectivity index (χ3v) is 3.28. The standard InChI is InChI=1S/C17H23FN2O/c1-17(2,3)21-12-20-15-11-19-10-9-14(15)16(18)13-7-5-4-6-8-13/h4-10,15-16,20H,11-12H2,1-3H3. The van der Waals surface area contributed by atoms with Crippen LogP contribution in [0.4, 0.5) is 4.39 Å². The van der Waals surface area contributed by atoms with Crippen LogP contribution >= 0.6 is 0 Å². The van der Waals surface area contributed by atoms with E-state index >= 15 is 0 Å². The molecule has 1 aromatic carbocycles. The minimum atomic E-state index is -1.12. The fraction of sp³-hybridized carbons (Fsp3) is 0.471. The molecule has 2 rings (SSSR count). The van der Waals surface area contributed by atoms with Crippen molar-refractivity contribution in [2.45, 2.75) is 38.6 Å². The highest BCUT2D eigenvalue weighted by Gasteiger charge is 2.25. The maximum Gasteiger partial charge on any atom is 0.148 e. The van der Waals surface area contributed by atoms with Crippen molar-refractivity contribution < 1.29 is 9.13 Å². The fourth-order valence-electron chi connectivity index (χ4n) is 2.14. The maximum absolute atomic E-state index is 14.7. The van der Waals surface area contributed by atoms with Crippen LogP contribution in [0.1, 0.15) is 32.5 Å². The molecular weight excluding hydrogens is 267 g/mol. The number of hydrogen-bond acceptors (Lipinski definition) is 3. The summed E-state index contributed by atoms with van der Waals surface area (Å²) in [6, 6.07) is 9.07. The van der Waals surface area contributed by atoms with Crippen LogP contribution in [0.15, 0.2) is 47.0 Å². The van der Waals surface area contributed by atoms with Crippen LogP contribution in [-0.4, -0.2) is 31.1 Å². The smallest absolute Gasteiger partial charge is 0.148 e. The van der Waals surface area contributed by atoms with E-state index in [1.54, 1.807) is 24.4 Å². The Kier molecular flexibility index (Phi) is 5.26. The Labute approximate surface area is 125 Å². The SMILES string of the molecule is CC(C)(C)OCNC1CN=CC=C1C(F)c1ccccc1. The van der Waals surface area contributed by atoms with Crippen molar-refractivity contribution in [3.63, 3.8) is 0 Å². The monoisotopic (exact) mass is 290 g/mol. The van der Waals surface area contributed by atoms with Gasteiger partial charge < -0.3 is 4.74 Å². The first-order valence-corrected chi connectivity index (χ1v) is 7.23. The van der Waals surface area contributed by atoms with Gasteiger partial charge in [-0.2, -0.15) is 0 Å². The Bertz CT molecular complexity index is 505. The van der Waals surface area contributed by atoms with Crippen LogP contribution in [-0.2, 0) is 4.74 Å². The van der Waals surface area contributed by atoms with Gasteiger partial charge in [0.1, 0.15) is 6.17 Å². The van der Waals surface area contributed by atoms with E-state index in [-0.39, 0.29) is 11.6 Å². The molecule has 0 spiro atoms. The number of alkyl halides is 1. The molecule has 0 radical (unpaired) electrons. The highest BCUT2D eigenvalue weighted by atomic mass is 19.1. The number of halogens is 1. The molecule has 1 aliphatic rings. The lowest BCUT2D eigenvalue weighted by Gasteiger charge is -2.27. The van der Waals surface area contributed by atoms with Crippen LogP contribution in [0.25, 0.3) is 0 Å². The summed E-state index contributed by atoms with van der Waals surface area (Å²) in [7, 11) is 0. The lowest BCUT2D eigenvalue weighted by atomic mass is 9.95. The number of ether oxygens (including phenoxy) is 1. The van der Waals surface area contributed by atoms with Gasteiger partial charge in [0.2, 0.25) is 0 Å². The molecule has 1 heterocycles. The molecule has 1 N–H and O–H groups in total. The normalized spacial score (nSPS) is 20.2. The molecule has 21 heavy (non-hydrogen) atoms. The zero-order chi connectivity index (χ0) is 15.3. The van der Waals surface area contributed by atoms with Crippen molar-refractivity contribution in [2.24, 2.45) is 4.99 Å². The van der Waals surface area contributed by atoms with Crippen molar-refractivity contribution in [2.75, 3.05) is 13.3 Å². The van der Waals surface area contributed by atoms with Crippen molar-refractivity contribution in [3.05, 3.63) is 47.5 Å². The first kappa shape index (κ1) is 15.9. The number of dihydropyridines is 1. The first-order chi connectivity index (χ1) is 9.97. The van der Waals surface area contributed by atoms with E-state index in [0.29, 0.717) is 24.4 Å². The zero-order valence-electron chi connectivity index (χ0n) is 12.8. The van der Waals surface area contributed by atoms with E-state index < -0.39 is 6.17 Å². The topological polar surface area (TPSA) is 33.6 Å². The number of allylic oxidation sites excluding steroid dienone is 1. The predicted octanol–water partition coefficient (Wildman–Crippen LogP) is 3.44. The van der Waals surface area contributed by atoms with Crippen LogP contribution < -0.4 is 5.32 Å². The predicted molar refractivity (Wildman–Crippen MR) is 84.4 cm³/mol. The van der Waals surface area contributed by atoms with Crippen LogP contribution in [0.2, 0.25) is 0 Å². The average molecular weight is 290 g/mol. The lowest BCUT2D eigenvalue weighted by molar-refractivity contribution is -0.0159. The molecule has 114 valence electrons. The average Bonchev–Trinajstić information content (AvgIpc) is 2.47. The molecule has 1 aromatic rings. The Morgan fingerprint density at radius 2 is 2.05 bits per heavy atom. The molecule has 0 amide bonds. The van der Waals surface area contributed by atoms with Crippen molar-refractivity contribution in [3.8, 4) is 0 Å². The molecular formula is C17H23FN2O. The van der Waals surface area contributed by atoms with Crippen molar-refractivity contribution in [1.82, 2.24) is 5.32 Å². The van der Waals surface area contributed by atoms with Crippen LogP contribution in [0, 0.1) is 0 Å². The van der Waals surface area contributed by atoms with Crippen LogP contribution in [0.5, 0.6) is 0 Å². The highest BCUT2D eigenvalue weighted by Crippen LogP contribution is 2.29. The number of rotatable bonds is 5. The number of aliphatic imine (C=N–C) groups is 1. The van der Waals surface area contributed by atoms with Gasteiger partial charge in [-0.15, -0.1) is 0 Å². The Hall–Kier alpha value is -1.52. The molecule has 1 aliphatic heterocycles. The molecule has 0 saturated carbocycles. The molecule has 2 atom stereocenters. The highest BCUT2D eigenvalue weighted by molar-refractivity contribution is 5.74. The van der Waals surface area contributed by atoms with Gasteiger partial charge in [-0.05, 0) is 38.0 Å². The number of benzene rings is 1. The Morgan fingerprint density at radius 1 is 1.33 bits per heavy atom. The number of nitrogens with zero attached hydrogens (tertiary/aromatic N) is 1. The van der Waals surface area contributed by atoms with Gasteiger partial charge in [0.25, 0.3) is 0 Å². The summed E-state index contributed by atoms with van der Waals surface area (Å²) in [6.07, 6.45) is 2.31. The second-order valence-electron chi connectivity index (χ2n) is 6.11. The second kappa shape index (κ2) is 6.96. The van der Waals surface area contributed by atoms with Gasteiger partial charge >= 0.3 is 0 Å². The van der Waals surface area contributed by atoms with Gasteiger partial charge in [0.05, 0.1) is 24.9 Å². The van der Waals surface area contributed by atoms with E-state index in [9.17, 15) is 4.39 Å². The maximum atomic E-state index is 14.7. The molecule has 3 nitrogen and oxygen atoms in total. The minimum absolute atomic E-state index is 0.132. The van der Waals surface area contributed by atoms with Crippen molar-refractivity contribution >= 4 is 6.21 Å². The van der Waals surface area contributed by atoms with E-state index in [0.717, 1.165) is 0 Å². The van der Waals surface area contributed by atoms with Crippen LogP contribution in [0.3, 0.4) is 0 Å². The van der Waals surface area contributed by atoms with Gasteiger partial charge in [-0.3, -0.25) is 10.3 Å². The van der Waals surface area contributed by atoms with Gasteiger partial charge in [0.15, 0.2) is 0 Å². The number of nitrogens with one attached hydrogen (secondary N) is 1. The molecule has 0 aromatic heterocycles. The Morgan fingerprint density at radius 3 is 2.71 bits per heavy atom. The number of hydrogen-bond donors (Lipinski definition) is 1. The van der Waals surface area contributed by atoms with E-state index in [1.807, 2.05) is 39.0 Å². The van der Waals surface area contributed by atoms with Gasteiger partial charge in [0, 0.05) is 6.21 Å². The summed E-state index contributed by atoms with van der Waals surface area (Å²) in [5.74, 6) is 0. The zero-order valence-corrected chi connectivity index (χ0v) is 12.8. The van der Waals surface area contributed by atoms with Crippen molar-refractivity contribution in [1.29, 1.82) is 0 Å². The fourth-order valence-corrected chi connectivity index (χ4v) is 2.14. The lowest BCUT2D eigenvalue weighted by Crippen LogP contribution is -2.40. The summed E-state index contributed by atoms with van der Waals surface area (Å²) >= 11 is 0. The second-order valence-corrected chi connectivity index (χ2v) is 6.11. The Balaban J connectivity index is 2.02. The summed E-state index contributed by atoms with van der Waals surface area (Å²) in [5, 5.41) is 3.23. The summed E-state index contributed by atoms with van der Waals surface area (Å²) in [4.78, 5) is 4.21. The largest absolute Gasteiger partial charge is 0.361 e. The molecule has 4 heteroatoms. The quantitative estimate of drug-likeness (QED) is 0.843. The van der Waals surface area contributed by atoms with E-state index in [4.69, 9.17) is 4.74 Å². The molecule has 0 aliphatic carbocycles.